The van der Waals surface area contributed by atoms with Crippen molar-refractivity contribution in [3.05, 3.63) is 0 Å². The summed E-state index contributed by atoms with van der Waals surface area (Å²) >= 11 is 0. The topological polar surface area (TPSA) is 49.4 Å². The van der Waals surface area contributed by atoms with Gasteiger partial charge in [0.05, 0.1) is 6.54 Å². The number of piperazine rings is 1. The molecule has 2 bridgehead atoms. The van der Waals surface area contributed by atoms with Crippen molar-refractivity contribution in [2.75, 3.05) is 13.1 Å². The maximum atomic E-state index is 12.1. The zero-order valence-corrected chi connectivity index (χ0v) is 11.2. The van der Waals surface area contributed by atoms with Crippen molar-refractivity contribution in [1.29, 1.82) is 0 Å². The van der Waals surface area contributed by atoms with Crippen LogP contribution >= 0.6 is 0 Å². The number of rotatable bonds is 2. The second-order valence-electron chi connectivity index (χ2n) is 6.68. The molecule has 3 fully saturated rings. The summed E-state index contributed by atoms with van der Waals surface area (Å²) in [5.74, 6) is 2.35. The summed E-state index contributed by atoms with van der Waals surface area (Å²) in [6.07, 6.45) is 5.30. The second kappa shape index (κ2) is 3.97. The highest BCUT2D eigenvalue weighted by molar-refractivity contribution is 5.97. The van der Waals surface area contributed by atoms with E-state index in [1.54, 1.807) is 0 Å². The minimum atomic E-state index is -0.683. The van der Waals surface area contributed by atoms with Gasteiger partial charge in [-0.25, -0.2) is 0 Å². The highest BCUT2D eigenvalue weighted by atomic mass is 16.2. The van der Waals surface area contributed by atoms with E-state index in [0.29, 0.717) is 5.92 Å². The predicted octanol–water partition coefficient (Wildman–Crippen LogP) is 1.16. The van der Waals surface area contributed by atoms with E-state index in [1.165, 1.54) is 25.7 Å². The highest BCUT2D eigenvalue weighted by Crippen LogP contribution is 2.48. The average molecular weight is 250 g/mol. The molecule has 1 N–H and O–H groups in total. The standard InChI is InChI=1S/C14H22N2O2/c1-14(2)13(18)15-7-12(17)16(14)8-11-6-9-3-4-10(11)5-9/h9-11H,3-8H2,1-2H3,(H,15,18). The molecule has 2 aliphatic carbocycles. The summed E-state index contributed by atoms with van der Waals surface area (Å²) < 4.78 is 0. The molecule has 3 unspecified atom stereocenters. The Morgan fingerprint density at radius 2 is 2.06 bits per heavy atom. The Balaban J connectivity index is 1.74. The number of fused-ring (bicyclic) bond motifs is 2. The number of carbonyl (C=O) groups excluding carboxylic acids is 2. The fourth-order valence-corrected chi connectivity index (χ4v) is 4.07. The third-order valence-electron chi connectivity index (χ3n) is 5.23. The first-order valence-electron chi connectivity index (χ1n) is 7.07. The van der Waals surface area contributed by atoms with Gasteiger partial charge in [-0.1, -0.05) is 6.42 Å². The Kier molecular flexibility index (Phi) is 2.65. The third kappa shape index (κ3) is 1.73. The van der Waals surface area contributed by atoms with E-state index in [4.69, 9.17) is 0 Å². The molecular weight excluding hydrogens is 228 g/mol. The van der Waals surface area contributed by atoms with Crippen molar-refractivity contribution in [3.8, 4) is 0 Å². The number of hydrogen-bond donors (Lipinski definition) is 1. The third-order valence-corrected chi connectivity index (χ3v) is 5.23. The molecule has 1 saturated heterocycles. The molecule has 3 rings (SSSR count). The number of amides is 2. The first-order chi connectivity index (χ1) is 8.48. The van der Waals surface area contributed by atoms with Gasteiger partial charge in [-0.05, 0) is 50.9 Å². The first kappa shape index (κ1) is 12.0. The van der Waals surface area contributed by atoms with Crippen molar-refractivity contribution in [2.24, 2.45) is 17.8 Å². The molecule has 3 aliphatic rings. The van der Waals surface area contributed by atoms with E-state index in [2.05, 4.69) is 5.32 Å². The maximum absolute atomic E-state index is 12.1. The largest absolute Gasteiger partial charge is 0.345 e. The van der Waals surface area contributed by atoms with E-state index in [1.807, 2.05) is 18.7 Å². The SMILES string of the molecule is CC1(C)C(=O)NCC(=O)N1CC1CC2CCC1C2. The van der Waals surface area contributed by atoms with Gasteiger partial charge in [-0.15, -0.1) is 0 Å². The van der Waals surface area contributed by atoms with Crippen LogP contribution < -0.4 is 5.32 Å². The van der Waals surface area contributed by atoms with Crippen LogP contribution in [-0.2, 0) is 9.59 Å². The van der Waals surface area contributed by atoms with Crippen molar-refractivity contribution in [1.82, 2.24) is 10.2 Å². The number of nitrogens with zero attached hydrogens (tertiary/aromatic N) is 1. The quantitative estimate of drug-likeness (QED) is 0.799. The molecule has 1 heterocycles. The summed E-state index contributed by atoms with van der Waals surface area (Å²) in [5.41, 5.74) is -0.683. The Morgan fingerprint density at radius 3 is 2.67 bits per heavy atom. The molecule has 100 valence electrons. The molecule has 0 spiro atoms. The van der Waals surface area contributed by atoms with Crippen LogP contribution in [0.5, 0.6) is 0 Å². The molecule has 2 amide bonds. The average Bonchev–Trinajstić information content (AvgIpc) is 2.92. The van der Waals surface area contributed by atoms with E-state index in [-0.39, 0.29) is 18.4 Å². The molecule has 4 nitrogen and oxygen atoms in total. The summed E-state index contributed by atoms with van der Waals surface area (Å²) in [6.45, 7) is 4.66. The molecule has 0 radical (unpaired) electrons. The normalized spacial score (nSPS) is 38.1. The fraction of sp³-hybridized carbons (Fsp3) is 0.857. The van der Waals surface area contributed by atoms with Crippen LogP contribution in [0.15, 0.2) is 0 Å². The van der Waals surface area contributed by atoms with E-state index < -0.39 is 5.54 Å². The van der Waals surface area contributed by atoms with Gasteiger partial charge < -0.3 is 10.2 Å². The van der Waals surface area contributed by atoms with Crippen LogP contribution in [0.3, 0.4) is 0 Å². The summed E-state index contributed by atoms with van der Waals surface area (Å²) in [7, 11) is 0. The van der Waals surface area contributed by atoms with Crippen LogP contribution in [0.4, 0.5) is 0 Å². The number of hydrogen-bond acceptors (Lipinski definition) is 2. The van der Waals surface area contributed by atoms with Gasteiger partial charge in [0.1, 0.15) is 5.54 Å². The lowest BCUT2D eigenvalue weighted by Crippen LogP contribution is -2.65. The lowest BCUT2D eigenvalue weighted by Gasteiger charge is -2.43. The molecule has 3 atom stereocenters. The van der Waals surface area contributed by atoms with Crippen molar-refractivity contribution in [3.63, 3.8) is 0 Å². The second-order valence-corrected chi connectivity index (χ2v) is 6.68. The summed E-state index contributed by atoms with van der Waals surface area (Å²) in [4.78, 5) is 25.8. The molecule has 0 aromatic rings. The van der Waals surface area contributed by atoms with E-state index >= 15 is 0 Å². The zero-order chi connectivity index (χ0) is 12.9. The van der Waals surface area contributed by atoms with Gasteiger partial charge in [0.2, 0.25) is 11.8 Å². The van der Waals surface area contributed by atoms with Crippen molar-refractivity contribution < 1.29 is 9.59 Å². The van der Waals surface area contributed by atoms with Gasteiger partial charge >= 0.3 is 0 Å². The minimum absolute atomic E-state index is 0.0229. The Bertz CT molecular complexity index is 391. The molecule has 0 aromatic heterocycles. The fourth-order valence-electron chi connectivity index (χ4n) is 4.07. The van der Waals surface area contributed by atoms with Gasteiger partial charge in [-0.2, -0.15) is 0 Å². The highest BCUT2D eigenvalue weighted by Gasteiger charge is 2.46. The predicted molar refractivity (Wildman–Crippen MR) is 67.7 cm³/mol. The Morgan fingerprint density at radius 1 is 1.28 bits per heavy atom. The molecule has 18 heavy (non-hydrogen) atoms. The molecule has 4 heteroatoms. The van der Waals surface area contributed by atoms with Crippen molar-refractivity contribution >= 4 is 11.8 Å². The monoisotopic (exact) mass is 250 g/mol. The first-order valence-corrected chi connectivity index (χ1v) is 7.07. The van der Waals surface area contributed by atoms with Crippen LogP contribution in [0.1, 0.15) is 39.5 Å². The lowest BCUT2D eigenvalue weighted by molar-refractivity contribution is -0.152. The Labute approximate surface area is 108 Å². The van der Waals surface area contributed by atoms with Crippen LogP contribution in [0.2, 0.25) is 0 Å². The van der Waals surface area contributed by atoms with Gasteiger partial charge in [-0.3, -0.25) is 9.59 Å². The number of carbonyl (C=O) groups is 2. The van der Waals surface area contributed by atoms with E-state index in [9.17, 15) is 9.59 Å². The van der Waals surface area contributed by atoms with E-state index in [0.717, 1.165) is 18.4 Å². The minimum Gasteiger partial charge on any atom is -0.345 e. The zero-order valence-electron chi connectivity index (χ0n) is 11.2. The smallest absolute Gasteiger partial charge is 0.245 e. The Hall–Kier alpha value is -1.06. The van der Waals surface area contributed by atoms with Crippen LogP contribution in [-0.4, -0.2) is 35.3 Å². The number of nitrogens with one attached hydrogen (secondary N) is 1. The summed E-state index contributed by atoms with van der Waals surface area (Å²) in [5, 5.41) is 2.68. The molecule has 1 aliphatic heterocycles. The maximum Gasteiger partial charge on any atom is 0.245 e. The van der Waals surface area contributed by atoms with Crippen LogP contribution in [0.25, 0.3) is 0 Å². The molecule has 2 saturated carbocycles. The van der Waals surface area contributed by atoms with Crippen molar-refractivity contribution in [2.45, 2.75) is 45.1 Å². The van der Waals surface area contributed by atoms with Gasteiger partial charge in [0, 0.05) is 6.54 Å². The van der Waals surface area contributed by atoms with Gasteiger partial charge in [0.25, 0.3) is 0 Å². The molecular formula is C14H22N2O2. The lowest BCUT2D eigenvalue weighted by atomic mass is 9.86. The van der Waals surface area contributed by atoms with Crippen LogP contribution in [0, 0.1) is 17.8 Å². The molecule has 0 aromatic carbocycles. The van der Waals surface area contributed by atoms with Gasteiger partial charge in [0.15, 0.2) is 0 Å². The summed E-state index contributed by atoms with van der Waals surface area (Å²) in [6, 6.07) is 0.